The highest BCUT2D eigenvalue weighted by Gasteiger charge is 2.29. The van der Waals surface area contributed by atoms with Crippen molar-refractivity contribution in [2.45, 2.75) is 26.0 Å². The molecule has 106 valence electrons. The van der Waals surface area contributed by atoms with Crippen LogP contribution in [0.3, 0.4) is 0 Å². The number of nitrogens with zero attached hydrogens (tertiary/aromatic N) is 1. The number of Topliss-reactive ketones (excluding diaryl/α,β-unsaturated/α-hetero) is 1. The van der Waals surface area contributed by atoms with Gasteiger partial charge in [-0.15, -0.1) is 11.3 Å². The van der Waals surface area contributed by atoms with E-state index in [9.17, 15) is 4.79 Å². The van der Waals surface area contributed by atoms with Gasteiger partial charge in [0.05, 0.1) is 6.61 Å². The van der Waals surface area contributed by atoms with E-state index < -0.39 is 0 Å². The minimum absolute atomic E-state index is 0.114. The zero-order valence-corrected chi connectivity index (χ0v) is 12.7. The predicted octanol–water partition coefficient (Wildman–Crippen LogP) is 3.19. The molecule has 1 aromatic carbocycles. The van der Waals surface area contributed by atoms with Crippen LogP contribution in [0.15, 0.2) is 29.6 Å². The molecule has 1 aliphatic heterocycles. The van der Waals surface area contributed by atoms with E-state index in [-0.39, 0.29) is 11.9 Å². The van der Waals surface area contributed by atoms with Gasteiger partial charge in [-0.3, -0.25) is 9.69 Å². The van der Waals surface area contributed by atoms with Crippen molar-refractivity contribution in [1.82, 2.24) is 4.90 Å². The second-order valence-corrected chi connectivity index (χ2v) is 6.37. The van der Waals surface area contributed by atoms with Gasteiger partial charge < -0.3 is 4.74 Å². The fraction of sp³-hybridized carbons (Fsp3) is 0.438. The summed E-state index contributed by atoms with van der Waals surface area (Å²) in [7, 11) is 0. The number of fused-ring (bicyclic) bond motifs is 1. The predicted molar refractivity (Wildman–Crippen MR) is 82.6 cm³/mol. The maximum atomic E-state index is 12.7. The van der Waals surface area contributed by atoms with Crippen LogP contribution < -0.4 is 0 Å². The lowest BCUT2D eigenvalue weighted by Gasteiger charge is -2.34. The van der Waals surface area contributed by atoms with Crippen LogP contribution in [-0.2, 0) is 4.74 Å². The van der Waals surface area contributed by atoms with Crippen LogP contribution in [-0.4, -0.2) is 42.5 Å². The molecular formula is C16H19NO2S. The Morgan fingerprint density at radius 3 is 3.05 bits per heavy atom. The highest BCUT2D eigenvalue weighted by molar-refractivity contribution is 7.17. The number of rotatable bonds is 3. The van der Waals surface area contributed by atoms with Crippen molar-refractivity contribution in [2.75, 3.05) is 19.7 Å². The second kappa shape index (κ2) is 5.64. The van der Waals surface area contributed by atoms with Crippen molar-refractivity contribution in [1.29, 1.82) is 0 Å². The van der Waals surface area contributed by atoms with Crippen LogP contribution in [0.2, 0.25) is 0 Å². The average molecular weight is 289 g/mol. The Bertz CT molecular complexity index is 620. The van der Waals surface area contributed by atoms with E-state index in [4.69, 9.17) is 4.74 Å². The molecule has 0 aliphatic carbocycles. The summed E-state index contributed by atoms with van der Waals surface area (Å²) in [5.74, 6) is 0.114. The van der Waals surface area contributed by atoms with Gasteiger partial charge >= 0.3 is 0 Å². The normalized spacial score (nSPS) is 20.6. The summed E-state index contributed by atoms with van der Waals surface area (Å²) in [4.78, 5) is 15.0. The molecule has 3 nitrogen and oxygen atoms in total. The lowest BCUT2D eigenvalue weighted by molar-refractivity contribution is -0.0255. The summed E-state index contributed by atoms with van der Waals surface area (Å²) in [6, 6.07) is 8.42. The first kappa shape index (κ1) is 13.7. The molecule has 4 heteroatoms. The zero-order valence-electron chi connectivity index (χ0n) is 11.8. The van der Waals surface area contributed by atoms with Crippen LogP contribution >= 0.6 is 11.3 Å². The molecule has 0 saturated carbocycles. The Morgan fingerprint density at radius 2 is 2.25 bits per heavy atom. The number of morpholine rings is 1. The highest BCUT2D eigenvalue weighted by atomic mass is 32.1. The quantitative estimate of drug-likeness (QED) is 0.813. The number of thiophene rings is 1. The molecular weight excluding hydrogens is 270 g/mol. The first-order valence-electron chi connectivity index (χ1n) is 7.03. The van der Waals surface area contributed by atoms with Gasteiger partial charge in [0.2, 0.25) is 0 Å². The highest BCUT2D eigenvalue weighted by Crippen LogP contribution is 2.26. The maximum Gasteiger partial charge on any atom is 0.194 e. The topological polar surface area (TPSA) is 29.5 Å². The summed E-state index contributed by atoms with van der Waals surface area (Å²) >= 11 is 1.62. The lowest BCUT2D eigenvalue weighted by Crippen LogP contribution is -2.48. The third-order valence-electron chi connectivity index (χ3n) is 3.87. The second-order valence-electron chi connectivity index (χ2n) is 5.46. The van der Waals surface area contributed by atoms with Crippen molar-refractivity contribution in [3.8, 4) is 0 Å². The lowest BCUT2D eigenvalue weighted by atomic mass is 10.0. The maximum absolute atomic E-state index is 12.7. The van der Waals surface area contributed by atoms with Gasteiger partial charge in [-0.05, 0) is 36.7 Å². The van der Waals surface area contributed by atoms with Crippen LogP contribution in [0.4, 0.5) is 0 Å². The molecule has 1 fully saturated rings. The van der Waals surface area contributed by atoms with Crippen LogP contribution in [0.5, 0.6) is 0 Å². The Labute approximate surface area is 123 Å². The number of hydrogen-bond acceptors (Lipinski definition) is 4. The van der Waals surface area contributed by atoms with Crippen molar-refractivity contribution >= 4 is 27.2 Å². The van der Waals surface area contributed by atoms with E-state index in [0.717, 1.165) is 22.2 Å². The first-order chi connectivity index (χ1) is 9.66. The number of carbonyl (C=O) groups excluding carboxylic acids is 1. The molecule has 0 N–H and O–H groups in total. The molecule has 1 atom stereocenters. The summed E-state index contributed by atoms with van der Waals surface area (Å²) < 4.78 is 6.79. The Hall–Kier alpha value is -1.23. The molecule has 2 aromatic rings. The number of hydrogen-bond donors (Lipinski definition) is 0. The number of ketones is 1. The number of carbonyl (C=O) groups is 1. The van der Waals surface area contributed by atoms with Crippen LogP contribution in [0.1, 0.15) is 24.2 Å². The molecule has 3 rings (SSSR count). The standard InChI is InChI=1S/C16H19NO2S/c1-11(2)17-7-8-19-14(10-17)15(18)13-5-3-4-12-6-9-20-16(12)13/h3-6,9,11,14H,7-8,10H2,1-2H3. The van der Waals surface area contributed by atoms with Gasteiger partial charge in [-0.1, -0.05) is 12.1 Å². The largest absolute Gasteiger partial charge is 0.367 e. The fourth-order valence-corrected chi connectivity index (χ4v) is 3.58. The first-order valence-corrected chi connectivity index (χ1v) is 7.91. The van der Waals surface area contributed by atoms with E-state index in [1.54, 1.807) is 11.3 Å². The molecule has 2 heterocycles. The van der Waals surface area contributed by atoms with E-state index in [1.807, 2.05) is 23.6 Å². The molecule has 0 bridgehead atoms. The van der Waals surface area contributed by atoms with Gasteiger partial charge in [0.25, 0.3) is 0 Å². The summed E-state index contributed by atoms with van der Waals surface area (Å²) in [5, 5.41) is 3.17. The van der Waals surface area contributed by atoms with Gasteiger partial charge in [0, 0.05) is 29.4 Å². The smallest absolute Gasteiger partial charge is 0.194 e. The number of ether oxygens (including phenoxy) is 1. The molecule has 1 unspecified atom stereocenters. The van der Waals surface area contributed by atoms with E-state index in [2.05, 4.69) is 24.8 Å². The monoisotopic (exact) mass is 289 g/mol. The SMILES string of the molecule is CC(C)N1CCOC(C(=O)c2cccc3ccsc23)C1. The third-order valence-corrected chi connectivity index (χ3v) is 4.83. The number of benzene rings is 1. The zero-order chi connectivity index (χ0) is 14.1. The molecule has 0 spiro atoms. The Morgan fingerprint density at radius 1 is 1.40 bits per heavy atom. The van der Waals surface area contributed by atoms with E-state index in [0.29, 0.717) is 19.2 Å². The summed E-state index contributed by atoms with van der Waals surface area (Å²) in [5.41, 5.74) is 0.799. The van der Waals surface area contributed by atoms with Gasteiger partial charge in [-0.25, -0.2) is 0 Å². The molecule has 1 saturated heterocycles. The fourth-order valence-electron chi connectivity index (χ4n) is 2.66. The molecule has 1 aromatic heterocycles. The molecule has 20 heavy (non-hydrogen) atoms. The Balaban J connectivity index is 1.87. The Kier molecular flexibility index (Phi) is 3.87. The third kappa shape index (κ3) is 2.51. The van der Waals surface area contributed by atoms with Gasteiger partial charge in [-0.2, -0.15) is 0 Å². The van der Waals surface area contributed by atoms with Crippen molar-refractivity contribution in [3.05, 3.63) is 35.2 Å². The van der Waals surface area contributed by atoms with E-state index >= 15 is 0 Å². The minimum Gasteiger partial charge on any atom is -0.367 e. The van der Waals surface area contributed by atoms with Crippen molar-refractivity contribution in [2.24, 2.45) is 0 Å². The van der Waals surface area contributed by atoms with Gasteiger partial charge in [0.15, 0.2) is 5.78 Å². The van der Waals surface area contributed by atoms with Crippen molar-refractivity contribution in [3.63, 3.8) is 0 Å². The van der Waals surface area contributed by atoms with Crippen LogP contribution in [0.25, 0.3) is 10.1 Å². The summed E-state index contributed by atoms with van der Waals surface area (Å²) in [6.07, 6.45) is -0.334. The molecule has 0 amide bonds. The summed E-state index contributed by atoms with van der Waals surface area (Å²) in [6.45, 7) is 6.55. The molecule has 0 radical (unpaired) electrons. The van der Waals surface area contributed by atoms with Crippen LogP contribution in [0, 0.1) is 0 Å². The minimum atomic E-state index is -0.334. The molecule has 1 aliphatic rings. The van der Waals surface area contributed by atoms with E-state index in [1.165, 1.54) is 0 Å². The van der Waals surface area contributed by atoms with Gasteiger partial charge in [0.1, 0.15) is 6.10 Å². The van der Waals surface area contributed by atoms with Crippen molar-refractivity contribution < 1.29 is 9.53 Å². The average Bonchev–Trinajstić information content (AvgIpc) is 2.95.